The van der Waals surface area contributed by atoms with Crippen LogP contribution in [0.3, 0.4) is 0 Å². The van der Waals surface area contributed by atoms with Crippen molar-refractivity contribution in [2.45, 2.75) is 6.42 Å². The molecule has 0 bridgehead atoms. The third-order valence-electron chi connectivity index (χ3n) is 5.35. The van der Waals surface area contributed by atoms with Crippen molar-refractivity contribution >= 4 is 28.7 Å². The van der Waals surface area contributed by atoms with Gasteiger partial charge in [0.05, 0.1) is 5.52 Å². The molecule has 0 atom stereocenters. The van der Waals surface area contributed by atoms with Crippen LogP contribution < -0.4 is 10.2 Å². The summed E-state index contributed by atoms with van der Waals surface area (Å²) in [5.74, 6) is 1.62. The summed E-state index contributed by atoms with van der Waals surface area (Å²) in [6, 6.07) is 18.5. The summed E-state index contributed by atoms with van der Waals surface area (Å²) in [5, 5.41) is 13.5. The summed E-state index contributed by atoms with van der Waals surface area (Å²) in [7, 11) is 0. The van der Waals surface area contributed by atoms with Gasteiger partial charge in [0.15, 0.2) is 0 Å². The predicted octanol–water partition coefficient (Wildman–Crippen LogP) is 3.26. The molecule has 0 aliphatic carbocycles. The standard InChI is InChI=1S/C24H29N5O/c30-19-7-13-25-23-21-11-4-5-12-22(21)26-24(27-23)29-17-15-28(16-18-29)14-6-10-20-8-2-1-3-9-20/h1-6,8-12,30H,7,13-19H2,(H,25,26,27). The molecule has 1 fully saturated rings. The lowest BCUT2D eigenvalue weighted by atomic mass is 10.2. The Bertz CT molecular complexity index is 968. The van der Waals surface area contributed by atoms with Crippen molar-refractivity contribution in [3.63, 3.8) is 0 Å². The summed E-state index contributed by atoms with van der Waals surface area (Å²) in [6.07, 6.45) is 5.12. The molecule has 4 rings (SSSR count). The number of nitrogens with zero attached hydrogens (tertiary/aromatic N) is 4. The van der Waals surface area contributed by atoms with Crippen LogP contribution in [0, 0.1) is 0 Å². The van der Waals surface area contributed by atoms with E-state index >= 15 is 0 Å². The van der Waals surface area contributed by atoms with Gasteiger partial charge in [-0.1, -0.05) is 54.6 Å². The highest BCUT2D eigenvalue weighted by Gasteiger charge is 2.19. The van der Waals surface area contributed by atoms with Crippen molar-refractivity contribution < 1.29 is 5.11 Å². The first-order chi connectivity index (χ1) is 14.8. The summed E-state index contributed by atoms with van der Waals surface area (Å²) in [6.45, 7) is 5.61. The van der Waals surface area contributed by atoms with Gasteiger partial charge in [-0.2, -0.15) is 4.98 Å². The van der Waals surface area contributed by atoms with Gasteiger partial charge in [-0.25, -0.2) is 4.98 Å². The molecule has 3 aromatic rings. The van der Waals surface area contributed by atoms with Crippen LogP contribution in [-0.4, -0.2) is 65.8 Å². The summed E-state index contributed by atoms with van der Waals surface area (Å²) >= 11 is 0. The second kappa shape index (κ2) is 10.2. The van der Waals surface area contributed by atoms with Crippen LogP contribution >= 0.6 is 0 Å². The van der Waals surface area contributed by atoms with Gasteiger partial charge in [-0.15, -0.1) is 0 Å². The van der Waals surface area contributed by atoms with Gasteiger partial charge in [-0.3, -0.25) is 4.90 Å². The van der Waals surface area contributed by atoms with E-state index < -0.39 is 0 Å². The Morgan fingerprint density at radius 1 is 0.933 bits per heavy atom. The van der Waals surface area contributed by atoms with E-state index in [9.17, 15) is 0 Å². The number of hydrogen-bond acceptors (Lipinski definition) is 6. The van der Waals surface area contributed by atoms with Gasteiger partial charge in [-0.05, 0) is 24.1 Å². The van der Waals surface area contributed by atoms with Crippen molar-refractivity contribution in [1.29, 1.82) is 0 Å². The van der Waals surface area contributed by atoms with E-state index in [1.54, 1.807) is 0 Å². The second-order valence-corrected chi connectivity index (χ2v) is 7.49. The fourth-order valence-electron chi connectivity index (χ4n) is 3.66. The Balaban J connectivity index is 1.39. The zero-order chi connectivity index (χ0) is 20.6. The molecule has 0 amide bonds. The Labute approximate surface area is 177 Å². The van der Waals surface area contributed by atoms with Crippen LogP contribution in [0.2, 0.25) is 0 Å². The number of hydrogen-bond donors (Lipinski definition) is 2. The summed E-state index contributed by atoms with van der Waals surface area (Å²) < 4.78 is 0. The van der Waals surface area contributed by atoms with Crippen molar-refractivity contribution in [1.82, 2.24) is 14.9 Å². The number of benzene rings is 2. The molecule has 1 saturated heterocycles. The summed E-state index contributed by atoms with van der Waals surface area (Å²) in [4.78, 5) is 14.3. The lowest BCUT2D eigenvalue weighted by Crippen LogP contribution is -2.47. The summed E-state index contributed by atoms with van der Waals surface area (Å²) in [5.41, 5.74) is 2.18. The molecule has 2 aromatic carbocycles. The molecular formula is C24H29N5O. The number of para-hydroxylation sites is 1. The Morgan fingerprint density at radius 3 is 2.50 bits per heavy atom. The van der Waals surface area contributed by atoms with Crippen LogP contribution in [0.25, 0.3) is 17.0 Å². The molecule has 6 nitrogen and oxygen atoms in total. The van der Waals surface area contributed by atoms with E-state index in [0.717, 1.165) is 55.4 Å². The van der Waals surface area contributed by atoms with Crippen LogP contribution in [0.1, 0.15) is 12.0 Å². The average Bonchev–Trinajstić information content (AvgIpc) is 2.80. The molecule has 1 aliphatic heterocycles. The minimum Gasteiger partial charge on any atom is -0.396 e. The van der Waals surface area contributed by atoms with Crippen LogP contribution in [-0.2, 0) is 0 Å². The van der Waals surface area contributed by atoms with Crippen LogP contribution in [0.15, 0.2) is 60.7 Å². The first-order valence-electron chi connectivity index (χ1n) is 10.6. The lowest BCUT2D eigenvalue weighted by Gasteiger charge is -2.34. The highest BCUT2D eigenvalue weighted by atomic mass is 16.3. The van der Waals surface area contributed by atoms with Crippen LogP contribution in [0.4, 0.5) is 11.8 Å². The van der Waals surface area contributed by atoms with Gasteiger partial charge < -0.3 is 15.3 Å². The average molecular weight is 404 g/mol. The number of rotatable bonds is 8. The predicted molar refractivity (Wildman–Crippen MR) is 124 cm³/mol. The highest BCUT2D eigenvalue weighted by molar-refractivity contribution is 5.90. The van der Waals surface area contributed by atoms with Crippen molar-refractivity contribution in [2.24, 2.45) is 0 Å². The quantitative estimate of drug-likeness (QED) is 0.563. The van der Waals surface area contributed by atoms with Crippen molar-refractivity contribution in [2.75, 3.05) is 56.1 Å². The SMILES string of the molecule is OCCCNc1nc(N2CCN(CC=Cc3ccccc3)CC2)nc2ccccc12. The molecule has 0 radical (unpaired) electrons. The fraction of sp³-hybridized carbons (Fsp3) is 0.333. The molecule has 1 aromatic heterocycles. The molecule has 0 saturated carbocycles. The van der Waals surface area contributed by atoms with Crippen LogP contribution in [0.5, 0.6) is 0 Å². The van der Waals surface area contributed by atoms with Gasteiger partial charge in [0.25, 0.3) is 0 Å². The molecule has 30 heavy (non-hydrogen) atoms. The second-order valence-electron chi connectivity index (χ2n) is 7.49. The zero-order valence-corrected chi connectivity index (χ0v) is 17.2. The third-order valence-corrected chi connectivity index (χ3v) is 5.35. The molecular weight excluding hydrogens is 374 g/mol. The Morgan fingerprint density at radius 2 is 1.70 bits per heavy atom. The number of anilines is 2. The molecule has 6 heteroatoms. The fourth-order valence-corrected chi connectivity index (χ4v) is 3.66. The normalized spacial score (nSPS) is 15.2. The monoisotopic (exact) mass is 403 g/mol. The minimum atomic E-state index is 0.170. The van der Waals surface area contributed by atoms with Gasteiger partial charge >= 0.3 is 0 Å². The zero-order valence-electron chi connectivity index (χ0n) is 17.2. The first-order valence-corrected chi connectivity index (χ1v) is 10.6. The Kier molecular flexibility index (Phi) is 6.90. The van der Waals surface area contributed by atoms with E-state index in [1.807, 2.05) is 30.3 Å². The third kappa shape index (κ3) is 5.14. The maximum absolute atomic E-state index is 9.08. The maximum Gasteiger partial charge on any atom is 0.227 e. The van der Waals surface area contributed by atoms with Gasteiger partial charge in [0.2, 0.25) is 5.95 Å². The molecule has 0 unspecified atom stereocenters. The lowest BCUT2D eigenvalue weighted by molar-refractivity contribution is 0.283. The number of aromatic nitrogens is 2. The van der Waals surface area contributed by atoms with E-state index in [0.29, 0.717) is 13.0 Å². The van der Waals surface area contributed by atoms with Crippen molar-refractivity contribution in [3.05, 3.63) is 66.2 Å². The van der Waals surface area contributed by atoms with Crippen molar-refractivity contribution in [3.8, 4) is 0 Å². The molecule has 2 heterocycles. The van der Waals surface area contributed by atoms with Gasteiger partial charge in [0.1, 0.15) is 5.82 Å². The molecule has 156 valence electrons. The maximum atomic E-state index is 9.08. The van der Waals surface area contributed by atoms with E-state index in [2.05, 4.69) is 51.5 Å². The van der Waals surface area contributed by atoms with E-state index in [4.69, 9.17) is 15.1 Å². The minimum absolute atomic E-state index is 0.170. The smallest absolute Gasteiger partial charge is 0.227 e. The molecule has 1 aliphatic rings. The first kappa shape index (κ1) is 20.3. The highest BCUT2D eigenvalue weighted by Crippen LogP contribution is 2.24. The number of nitrogens with one attached hydrogen (secondary N) is 1. The van der Waals surface area contributed by atoms with E-state index in [1.165, 1.54) is 5.56 Å². The topological polar surface area (TPSA) is 64.5 Å². The number of aliphatic hydroxyl groups excluding tert-OH is 1. The van der Waals surface area contributed by atoms with E-state index in [-0.39, 0.29) is 6.61 Å². The van der Waals surface area contributed by atoms with Gasteiger partial charge in [0, 0.05) is 51.3 Å². The Hall–Kier alpha value is -2.96. The number of fused-ring (bicyclic) bond motifs is 1. The molecule has 2 N–H and O–H groups in total. The number of aliphatic hydroxyl groups is 1. The molecule has 0 spiro atoms. The largest absolute Gasteiger partial charge is 0.396 e. The number of piperazine rings is 1.